The van der Waals surface area contributed by atoms with Crippen molar-refractivity contribution in [2.45, 2.75) is 82.5 Å². The predicted molar refractivity (Wildman–Crippen MR) is 123 cm³/mol. The number of urea groups is 1. The average molecular weight is 440 g/mol. The third-order valence-corrected chi connectivity index (χ3v) is 9.76. The van der Waals surface area contributed by atoms with E-state index in [4.69, 9.17) is 0 Å². The lowest BCUT2D eigenvalue weighted by molar-refractivity contribution is -0.107. The molecule has 2 amide bonds. The van der Waals surface area contributed by atoms with Gasteiger partial charge in [0.2, 0.25) is 0 Å². The first kappa shape index (κ1) is 20.8. The molecule has 0 spiro atoms. The largest absolute Gasteiger partial charge is 0.508 e. The van der Waals surface area contributed by atoms with Gasteiger partial charge in [-0.05, 0) is 99.9 Å². The molecule has 0 aromatic heterocycles. The van der Waals surface area contributed by atoms with Crippen molar-refractivity contribution in [2.75, 3.05) is 19.6 Å². The first-order valence-corrected chi connectivity index (χ1v) is 12.6. The number of hydrogen-bond donors (Lipinski definition) is 3. The highest BCUT2D eigenvalue weighted by Gasteiger charge is 2.76. The maximum absolute atomic E-state index is 13.1. The number of nitrogens with one attached hydrogen (secondary N) is 1. The van der Waals surface area contributed by atoms with Crippen molar-refractivity contribution in [1.29, 1.82) is 0 Å². The summed E-state index contributed by atoms with van der Waals surface area (Å²) in [5.41, 5.74) is 2.95. The maximum atomic E-state index is 13.1. The van der Waals surface area contributed by atoms with Crippen molar-refractivity contribution in [3.05, 3.63) is 29.3 Å². The van der Waals surface area contributed by atoms with Crippen molar-refractivity contribution in [2.24, 2.45) is 17.3 Å². The molecule has 0 radical (unpaired) electrons. The zero-order valence-corrected chi connectivity index (χ0v) is 19.6. The van der Waals surface area contributed by atoms with E-state index >= 15 is 0 Å². The Balaban J connectivity index is 1.47. The molecule has 174 valence electrons. The van der Waals surface area contributed by atoms with E-state index < -0.39 is 0 Å². The number of phenolic OH excluding ortho intramolecular Hbond substituents is 1. The van der Waals surface area contributed by atoms with Gasteiger partial charge in [0.05, 0.1) is 6.10 Å². The molecule has 4 fully saturated rings. The molecule has 7 atom stereocenters. The summed E-state index contributed by atoms with van der Waals surface area (Å²) in [7, 11) is 0. The third-order valence-electron chi connectivity index (χ3n) is 9.76. The van der Waals surface area contributed by atoms with Crippen LogP contribution >= 0.6 is 0 Å². The molecule has 2 heterocycles. The number of carbonyl (C=O) groups excluding carboxylic acids is 1. The predicted octanol–water partition coefficient (Wildman–Crippen LogP) is 2.86. The number of β-amino-alcohol motifs (C(OH)–C–C–N with tert-alkyl or cyclic N) is 1. The maximum Gasteiger partial charge on any atom is 0.317 e. The van der Waals surface area contributed by atoms with Crippen LogP contribution < -0.4 is 5.32 Å². The molecule has 6 rings (SSSR count). The van der Waals surface area contributed by atoms with Crippen LogP contribution in [0.3, 0.4) is 0 Å². The highest BCUT2D eigenvalue weighted by atomic mass is 16.3. The Bertz CT molecular complexity index is 948. The Labute approximate surface area is 191 Å². The highest BCUT2D eigenvalue weighted by Crippen LogP contribution is 2.75. The quantitative estimate of drug-likeness (QED) is 0.677. The van der Waals surface area contributed by atoms with Gasteiger partial charge < -0.3 is 20.4 Å². The summed E-state index contributed by atoms with van der Waals surface area (Å²) in [5, 5.41) is 23.9. The highest BCUT2D eigenvalue weighted by molar-refractivity contribution is 5.75. The summed E-state index contributed by atoms with van der Waals surface area (Å²) in [6.45, 7) is 8.54. The van der Waals surface area contributed by atoms with E-state index in [1.165, 1.54) is 11.1 Å². The summed E-state index contributed by atoms with van der Waals surface area (Å²) >= 11 is 0. The minimum atomic E-state index is -0.326. The number of amides is 2. The van der Waals surface area contributed by atoms with Crippen LogP contribution in [-0.2, 0) is 11.8 Å². The number of benzene rings is 1. The first-order chi connectivity index (χ1) is 15.3. The molecule has 3 N–H and O–H groups in total. The van der Waals surface area contributed by atoms with Crippen LogP contribution in [-0.4, -0.2) is 69.9 Å². The Morgan fingerprint density at radius 2 is 2.09 bits per heavy atom. The van der Waals surface area contributed by atoms with E-state index in [-0.39, 0.29) is 35.0 Å². The third kappa shape index (κ3) is 2.51. The van der Waals surface area contributed by atoms with Crippen LogP contribution in [0.5, 0.6) is 5.75 Å². The molecule has 6 heteroatoms. The molecular formula is C26H37N3O3. The number of aromatic hydroxyl groups is 1. The molecule has 3 aliphatic carbocycles. The van der Waals surface area contributed by atoms with Gasteiger partial charge in [-0.1, -0.05) is 6.07 Å². The number of aliphatic hydroxyl groups is 1. The zero-order valence-electron chi connectivity index (χ0n) is 19.6. The van der Waals surface area contributed by atoms with Gasteiger partial charge in [-0.3, -0.25) is 4.90 Å². The van der Waals surface area contributed by atoms with Crippen LogP contribution in [0.1, 0.15) is 57.6 Å². The molecule has 1 aromatic carbocycles. The van der Waals surface area contributed by atoms with Crippen molar-refractivity contribution in [3.63, 3.8) is 0 Å². The minimum Gasteiger partial charge on any atom is -0.508 e. The number of aliphatic hydroxyl groups excluding tert-OH is 1. The molecule has 1 aromatic rings. The van der Waals surface area contributed by atoms with Crippen molar-refractivity contribution in [3.8, 4) is 5.75 Å². The molecule has 2 saturated heterocycles. The summed E-state index contributed by atoms with van der Waals surface area (Å²) < 4.78 is 0. The Morgan fingerprint density at radius 1 is 1.28 bits per heavy atom. The van der Waals surface area contributed by atoms with Gasteiger partial charge in [-0.15, -0.1) is 0 Å². The monoisotopic (exact) mass is 439 g/mol. The Kier molecular flexibility index (Phi) is 4.46. The summed E-state index contributed by atoms with van der Waals surface area (Å²) in [5.74, 6) is 1.35. The lowest BCUT2D eigenvalue weighted by atomic mass is 9.43. The van der Waals surface area contributed by atoms with Crippen LogP contribution in [0.15, 0.2) is 18.2 Å². The zero-order chi connectivity index (χ0) is 22.4. The van der Waals surface area contributed by atoms with Crippen molar-refractivity contribution < 1.29 is 15.0 Å². The molecule has 6 nitrogen and oxygen atoms in total. The fourth-order valence-corrected chi connectivity index (χ4v) is 9.21. The number of carbonyl (C=O) groups is 1. The molecule has 2 unspecified atom stereocenters. The van der Waals surface area contributed by atoms with E-state index in [1.54, 1.807) is 0 Å². The second kappa shape index (κ2) is 6.86. The van der Waals surface area contributed by atoms with Crippen LogP contribution in [0, 0.1) is 17.3 Å². The SMILES string of the molecule is CC(C)NC(=O)N1C[C@H]2C[C@@]34CCC1C2[C@@]31CCN(C[C@@H](C)O)[C@@H]4Cc2ccc(O)cc21. The molecule has 2 saturated carbocycles. The standard InChI is InChI=1S/C26H37N3O3/c1-15(2)27-24(32)29-14-18-12-25-7-6-21(29)23(18)26(25)8-9-28(13-16(3)30)22(25)10-17-4-5-19(31)11-20(17)26/h4-5,11,15-16,18,21-23,30-31H,6-10,12-14H2,1-3H3,(H,27,32)/t16-,18-,21?,22-,23?,25-,26+/m1/s1. The second-order valence-corrected chi connectivity index (χ2v) is 11.6. The Hall–Kier alpha value is -1.79. The van der Waals surface area contributed by atoms with E-state index in [2.05, 4.69) is 27.2 Å². The van der Waals surface area contributed by atoms with Gasteiger partial charge in [-0.25, -0.2) is 4.79 Å². The molecule has 2 aliphatic heterocycles. The van der Waals surface area contributed by atoms with Gasteiger partial charge in [0.25, 0.3) is 0 Å². The molecule has 32 heavy (non-hydrogen) atoms. The number of piperidine rings is 1. The first-order valence-electron chi connectivity index (χ1n) is 12.6. The second-order valence-electron chi connectivity index (χ2n) is 11.6. The van der Waals surface area contributed by atoms with E-state index in [9.17, 15) is 15.0 Å². The van der Waals surface area contributed by atoms with Gasteiger partial charge >= 0.3 is 6.03 Å². The van der Waals surface area contributed by atoms with Gasteiger partial charge in [-0.2, -0.15) is 0 Å². The van der Waals surface area contributed by atoms with Gasteiger partial charge in [0.15, 0.2) is 0 Å². The minimum absolute atomic E-state index is 0.0274. The van der Waals surface area contributed by atoms with Crippen LogP contribution in [0.2, 0.25) is 0 Å². The smallest absolute Gasteiger partial charge is 0.317 e. The summed E-state index contributed by atoms with van der Waals surface area (Å²) in [4.78, 5) is 17.8. The van der Waals surface area contributed by atoms with Crippen LogP contribution in [0.4, 0.5) is 4.79 Å². The van der Waals surface area contributed by atoms with Gasteiger partial charge in [0.1, 0.15) is 5.75 Å². The lowest BCUT2D eigenvalue weighted by Crippen LogP contribution is -2.70. The van der Waals surface area contributed by atoms with Crippen molar-refractivity contribution >= 4 is 6.03 Å². The molecule has 4 bridgehead atoms. The summed E-state index contributed by atoms with van der Waals surface area (Å²) in [6, 6.07) is 7.00. The van der Waals surface area contributed by atoms with Crippen LogP contribution in [0.25, 0.3) is 0 Å². The van der Waals surface area contributed by atoms with Gasteiger partial charge in [0, 0.05) is 36.6 Å². The van der Waals surface area contributed by atoms with E-state index in [0.717, 1.165) is 51.7 Å². The molecular weight excluding hydrogens is 402 g/mol. The topological polar surface area (TPSA) is 76.0 Å². The number of hydrogen-bond acceptors (Lipinski definition) is 4. The van der Waals surface area contributed by atoms with E-state index in [1.807, 2.05) is 26.8 Å². The summed E-state index contributed by atoms with van der Waals surface area (Å²) in [6.07, 6.45) is 5.10. The van der Waals surface area contributed by atoms with E-state index in [0.29, 0.717) is 23.6 Å². The number of nitrogens with zero attached hydrogens (tertiary/aromatic N) is 2. The Morgan fingerprint density at radius 3 is 2.84 bits per heavy atom. The number of rotatable bonds is 3. The molecule has 5 aliphatic rings. The fourth-order valence-electron chi connectivity index (χ4n) is 9.21. The normalized spacial score (nSPS) is 40.2. The van der Waals surface area contributed by atoms with Crippen molar-refractivity contribution in [1.82, 2.24) is 15.1 Å². The number of fused-ring (bicyclic) bond motifs is 1. The number of likely N-dealkylation sites (tertiary alicyclic amines) is 2. The fraction of sp³-hybridized carbons (Fsp3) is 0.731. The lowest BCUT2D eigenvalue weighted by Gasteiger charge is -2.66. The average Bonchev–Trinajstić information content (AvgIpc) is 3.16. The number of phenols is 1.